The van der Waals surface area contributed by atoms with Gasteiger partial charge in [-0.05, 0) is 25.0 Å². The molecular weight excluding hydrogens is 336 g/mol. The molecule has 0 aliphatic heterocycles. The molecule has 0 unspecified atom stereocenters. The fourth-order valence-electron chi connectivity index (χ4n) is 2.82. The third-order valence-electron chi connectivity index (χ3n) is 4.41. The van der Waals surface area contributed by atoms with E-state index in [9.17, 15) is 14.4 Å². The van der Waals surface area contributed by atoms with Crippen molar-refractivity contribution < 1.29 is 9.53 Å². The van der Waals surface area contributed by atoms with Crippen molar-refractivity contribution in [2.24, 2.45) is 14.1 Å². The maximum absolute atomic E-state index is 12.4. The lowest BCUT2D eigenvalue weighted by Gasteiger charge is -2.09. The Kier molecular flexibility index (Phi) is 4.50. The number of ether oxygens (including phenoxy) is 1. The van der Waals surface area contributed by atoms with E-state index < -0.39 is 17.2 Å². The normalized spacial score (nSPS) is 11.1. The third kappa shape index (κ3) is 3.05. The molecule has 8 nitrogen and oxygen atoms in total. The first-order valence-electron chi connectivity index (χ1n) is 8.12. The Labute approximate surface area is 149 Å². The Morgan fingerprint density at radius 1 is 1.15 bits per heavy atom. The molecule has 0 atom stereocenters. The van der Waals surface area contributed by atoms with Gasteiger partial charge in [-0.15, -0.1) is 0 Å². The topological polar surface area (TPSA) is 88.1 Å². The first kappa shape index (κ1) is 17.7. The molecule has 0 bridgehead atoms. The number of imidazole rings is 1. The van der Waals surface area contributed by atoms with Gasteiger partial charge >= 0.3 is 11.7 Å². The molecule has 0 spiro atoms. The van der Waals surface area contributed by atoms with Gasteiger partial charge in [-0.2, -0.15) is 0 Å². The highest BCUT2D eigenvalue weighted by Crippen LogP contribution is 2.12. The zero-order valence-electron chi connectivity index (χ0n) is 15.1. The van der Waals surface area contributed by atoms with Gasteiger partial charge in [-0.3, -0.25) is 18.7 Å². The number of hydrogen-bond acceptors (Lipinski definition) is 5. The molecule has 0 fully saturated rings. The fraction of sp³-hybridized carbons (Fsp3) is 0.333. The van der Waals surface area contributed by atoms with Gasteiger partial charge in [-0.25, -0.2) is 9.78 Å². The van der Waals surface area contributed by atoms with Crippen molar-refractivity contribution in [3.63, 3.8) is 0 Å². The minimum atomic E-state index is -0.497. The summed E-state index contributed by atoms with van der Waals surface area (Å²) in [6.45, 7) is 3.93. The zero-order chi connectivity index (χ0) is 19.0. The van der Waals surface area contributed by atoms with Crippen molar-refractivity contribution >= 4 is 17.1 Å². The quantitative estimate of drug-likeness (QED) is 0.645. The number of carbonyl (C=O) groups excluding carboxylic acids is 1. The number of nitrogens with zero attached hydrogens (tertiary/aromatic N) is 4. The van der Waals surface area contributed by atoms with E-state index in [1.165, 1.54) is 29.6 Å². The van der Waals surface area contributed by atoms with E-state index in [4.69, 9.17) is 4.74 Å². The van der Waals surface area contributed by atoms with E-state index >= 15 is 0 Å². The smallest absolute Gasteiger partial charge is 0.332 e. The maximum atomic E-state index is 12.4. The largest absolute Gasteiger partial charge is 0.459 e. The summed E-state index contributed by atoms with van der Waals surface area (Å²) in [5.74, 6) is -0.485. The molecule has 2 aromatic heterocycles. The van der Waals surface area contributed by atoms with Crippen LogP contribution in [0.1, 0.15) is 16.7 Å². The molecule has 8 heteroatoms. The summed E-state index contributed by atoms with van der Waals surface area (Å²) in [6.07, 6.45) is 1.37. The second-order valence-corrected chi connectivity index (χ2v) is 6.34. The average Bonchev–Trinajstić information content (AvgIpc) is 3.02. The molecule has 1 aromatic carbocycles. The summed E-state index contributed by atoms with van der Waals surface area (Å²) in [7, 11) is 2.92. The van der Waals surface area contributed by atoms with E-state index in [1.54, 1.807) is 0 Å². The van der Waals surface area contributed by atoms with Gasteiger partial charge in [0, 0.05) is 14.1 Å². The monoisotopic (exact) mass is 356 g/mol. The molecule has 136 valence electrons. The highest BCUT2D eigenvalue weighted by Gasteiger charge is 2.16. The Bertz CT molecular complexity index is 1120. The SMILES string of the molecule is Cc1ccc(C)c(COC(=O)Cn2cnc3c2c(=O)n(C)c(=O)n3C)c1. The van der Waals surface area contributed by atoms with Gasteiger partial charge < -0.3 is 9.30 Å². The molecule has 0 amide bonds. The lowest BCUT2D eigenvalue weighted by Crippen LogP contribution is -2.37. The Morgan fingerprint density at radius 2 is 1.88 bits per heavy atom. The number of aromatic nitrogens is 4. The standard InChI is InChI=1S/C18H20N4O4/c1-11-5-6-12(2)13(7-11)9-26-14(23)8-22-10-19-16-15(22)17(24)21(4)18(25)20(16)3/h5-7,10H,8-9H2,1-4H3. The molecule has 0 saturated carbocycles. The molecule has 0 radical (unpaired) electrons. The van der Waals surface area contributed by atoms with Crippen molar-refractivity contribution in [2.45, 2.75) is 27.0 Å². The van der Waals surface area contributed by atoms with Crippen LogP contribution in [-0.4, -0.2) is 24.7 Å². The summed E-state index contributed by atoms with van der Waals surface area (Å²) in [5.41, 5.74) is 2.53. The minimum Gasteiger partial charge on any atom is -0.459 e. The zero-order valence-corrected chi connectivity index (χ0v) is 15.1. The number of carbonyl (C=O) groups is 1. The van der Waals surface area contributed by atoms with Crippen LogP contribution < -0.4 is 11.2 Å². The lowest BCUT2D eigenvalue weighted by atomic mass is 10.1. The first-order valence-corrected chi connectivity index (χ1v) is 8.12. The Balaban J connectivity index is 1.83. The second kappa shape index (κ2) is 6.62. The van der Waals surface area contributed by atoms with Crippen LogP contribution in [0.5, 0.6) is 0 Å². The summed E-state index contributed by atoms with van der Waals surface area (Å²) in [6, 6.07) is 5.95. The highest BCUT2D eigenvalue weighted by molar-refractivity contribution is 5.75. The van der Waals surface area contributed by atoms with E-state index in [2.05, 4.69) is 4.98 Å². The summed E-state index contributed by atoms with van der Waals surface area (Å²) in [4.78, 5) is 40.6. The van der Waals surface area contributed by atoms with Crippen LogP contribution in [0.2, 0.25) is 0 Å². The highest BCUT2D eigenvalue weighted by atomic mass is 16.5. The van der Waals surface area contributed by atoms with Gasteiger partial charge in [0.05, 0.1) is 6.33 Å². The maximum Gasteiger partial charge on any atom is 0.332 e. The van der Waals surface area contributed by atoms with Crippen molar-refractivity contribution in [3.05, 3.63) is 62.1 Å². The van der Waals surface area contributed by atoms with Gasteiger partial charge in [-0.1, -0.05) is 23.8 Å². The number of hydrogen-bond donors (Lipinski definition) is 0. The first-order chi connectivity index (χ1) is 12.3. The van der Waals surface area contributed by atoms with Crippen molar-refractivity contribution in [1.29, 1.82) is 0 Å². The van der Waals surface area contributed by atoms with Crippen LogP contribution >= 0.6 is 0 Å². The van der Waals surface area contributed by atoms with Gasteiger partial charge in [0.25, 0.3) is 5.56 Å². The van der Waals surface area contributed by atoms with Crippen molar-refractivity contribution in [1.82, 2.24) is 18.7 Å². The predicted octanol–water partition coefficient (Wildman–Crippen LogP) is 0.794. The second-order valence-electron chi connectivity index (χ2n) is 6.34. The summed E-state index contributed by atoms with van der Waals surface area (Å²) < 4.78 is 9.01. The molecular formula is C18H20N4O4. The molecule has 0 aliphatic carbocycles. The molecule has 0 aliphatic rings. The number of fused-ring (bicyclic) bond motifs is 1. The minimum absolute atomic E-state index is 0.158. The van der Waals surface area contributed by atoms with Crippen LogP contribution in [0.15, 0.2) is 34.1 Å². The number of esters is 1. The van der Waals surface area contributed by atoms with Crippen LogP contribution in [0, 0.1) is 13.8 Å². The van der Waals surface area contributed by atoms with E-state index in [0.717, 1.165) is 21.3 Å². The van der Waals surface area contributed by atoms with Gasteiger partial charge in [0.1, 0.15) is 13.2 Å². The molecule has 0 N–H and O–H groups in total. The van der Waals surface area contributed by atoms with Crippen LogP contribution in [-0.2, 0) is 36.8 Å². The van der Waals surface area contributed by atoms with E-state index in [0.29, 0.717) is 0 Å². The number of aryl methyl sites for hydroxylation is 3. The molecule has 0 saturated heterocycles. The van der Waals surface area contributed by atoms with Crippen LogP contribution in [0.4, 0.5) is 0 Å². The predicted molar refractivity (Wildman–Crippen MR) is 95.9 cm³/mol. The average molecular weight is 356 g/mol. The summed E-state index contributed by atoms with van der Waals surface area (Å²) in [5, 5.41) is 0. The van der Waals surface area contributed by atoms with E-state index in [1.807, 2.05) is 32.0 Å². The Morgan fingerprint density at radius 3 is 2.62 bits per heavy atom. The third-order valence-corrected chi connectivity index (χ3v) is 4.41. The summed E-state index contributed by atoms with van der Waals surface area (Å²) >= 11 is 0. The molecule has 2 heterocycles. The number of benzene rings is 1. The fourth-order valence-corrected chi connectivity index (χ4v) is 2.82. The van der Waals surface area contributed by atoms with Crippen LogP contribution in [0.3, 0.4) is 0 Å². The van der Waals surface area contributed by atoms with Crippen molar-refractivity contribution in [3.8, 4) is 0 Å². The van der Waals surface area contributed by atoms with Crippen molar-refractivity contribution in [2.75, 3.05) is 0 Å². The Hall–Kier alpha value is -3.16. The van der Waals surface area contributed by atoms with Gasteiger partial charge in [0.15, 0.2) is 11.2 Å². The van der Waals surface area contributed by atoms with Crippen LogP contribution in [0.25, 0.3) is 11.2 Å². The molecule has 3 rings (SSSR count). The van der Waals surface area contributed by atoms with E-state index in [-0.39, 0.29) is 24.3 Å². The molecule has 3 aromatic rings. The number of rotatable bonds is 4. The molecule has 26 heavy (non-hydrogen) atoms. The van der Waals surface area contributed by atoms with Gasteiger partial charge in [0.2, 0.25) is 0 Å². The lowest BCUT2D eigenvalue weighted by molar-refractivity contribution is -0.145.